The van der Waals surface area contributed by atoms with Crippen LogP contribution in [0.3, 0.4) is 0 Å². The average molecular weight is 397 g/mol. The van der Waals surface area contributed by atoms with Gasteiger partial charge in [-0.05, 0) is 42.3 Å². The summed E-state index contributed by atoms with van der Waals surface area (Å²) in [6.45, 7) is 2.76. The van der Waals surface area contributed by atoms with Crippen molar-refractivity contribution in [2.24, 2.45) is 0 Å². The number of anilines is 1. The van der Waals surface area contributed by atoms with Crippen molar-refractivity contribution >= 4 is 15.7 Å². The number of rotatable bonds is 8. The fraction of sp³-hybridized carbons (Fsp3) is 0.182. The number of benzene rings is 3. The second-order valence-corrected chi connectivity index (χ2v) is 7.94. The summed E-state index contributed by atoms with van der Waals surface area (Å²) in [5.74, 6) is 0.669. The fourth-order valence-electron chi connectivity index (χ4n) is 2.84. The van der Waals surface area contributed by atoms with Crippen LogP contribution in [-0.2, 0) is 14.8 Å². The Balaban J connectivity index is 1.87. The Bertz CT molecular complexity index is 1030. The minimum absolute atomic E-state index is 0.237. The van der Waals surface area contributed by atoms with Crippen LogP contribution in [-0.4, -0.2) is 28.7 Å². The topological polar surface area (TPSA) is 64.6 Å². The summed E-state index contributed by atoms with van der Waals surface area (Å²) in [5, 5.41) is 0. The predicted octanol–water partition coefficient (Wildman–Crippen LogP) is 4.49. The van der Waals surface area contributed by atoms with E-state index in [2.05, 4.69) is 4.72 Å². The molecule has 0 aliphatic rings. The van der Waals surface area contributed by atoms with Crippen molar-refractivity contribution in [1.82, 2.24) is 0 Å². The van der Waals surface area contributed by atoms with E-state index < -0.39 is 10.0 Å². The monoisotopic (exact) mass is 397 g/mol. The van der Waals surface area contributed by atoms with Gasteiger partial charge in [0.15, 0.2) is 0 Å². The van der Waals surface area contributed by atoms with Gasteiger partial charge in [0.25, 0.3) is 10.0 Å². The molecule has 28 heavy (non-hydrogen) atoms. The van der Waals surface area contributed by atoms with Crippen molar-refractivity contribution in [2.75, 3.05) is 25.0 Å². The fourth-order valence-corrected chi connectivity index (χ4v) is 4.20. The molecule has 5 nitrogen and oxygen atoms in total. The van der Waals surface area contributed by atoms with E-state index in [1.54, 1.807) is 37.4 Å². The number of hydrogen-bond donors (Lipinski definition) is 1. The van der Waals surface area contributed by atoms with Gasteiger partial charge in [0.2, 0.25) is 0 Å². The maximum absolute atomic E-state index is 13.1. The maximum Gasteiger partial charge on any atom is 0.262 e. The first-order chi connectivity index (χ1) is 13.5. The summed E-state index contributed by atoms with van der Waals surface area (Å²) < 4.78 is 39.4. The third kappa shape index (κ3) is 4.71. The molecule has 3 aromatic carbocycles. The van der Waals surface area contributed by atoms with Crippen LogP contribution in [0.1, 0.15) is 5.56 Å². The Morgan fingerprint density at radius 1 is 0.893 bits per heavy atom. The first-order valence-corrected chi connectivity index (χ1v) is 10.4. The van der Waals surface area contributed by atoms with Gasteiger partial charge >= 0.3 is 0 Å². The molecule has 0 fully saturated rings. The largest absolute Gasteiger partial charge is 0.491 e. The molecule has 3 aromatic rings. The lowest BCUT2D eigenvalue weighted by molar-refractivity contribution is 0.146. The van der Waals surface area contributed by atoms with E-state index in [1.165, 1.54) is 0 Å². The quantitative estimate of drug-likeness (QED) is 0.569. The molecule has 0 atom stereocenters. The Morgan fingerprint density at radius 2 is 1.61 bits per heavy atom. The van der Waals surface area contributed by atoms with Crippen molar-refractivity contribution in [3.63, 3.8) is 0 Å². The first kappa shape index (κ1) is 19.9. The van der Waals surface area contributed by atoms with Gasteiger partial charge < -0.3 is 9.47 Å². The molecule has 0 aliphatic carbocycles. The molecule has 0 saturated carbocycles. The zero-order valence-corrected chi connectivity index (χ0v) is 16.7. The number of nitrogens with one attached hydrogen (secondary N) is 1. The van der Waals surface area contributed by atoms with Crippen LogP contribution in [0.15, 0.2) is 77.7 Å². The molecule has 1 N–H and O–H groups in total. The molecule has 0 saturated heterocycles. The highest BCUT2D eigenvalue weighted by molar-refractivity contribution is 7.92. The SMILES string of the molecule is COCCOc1ccc(NS(=O)(=O)c2ccccc2-c2ccccc2)c(C)c1. The van der Waals surface area contributed by atoms with Crippen molar-refractivity contribution < 1.29 is 17.9 Å². The molecule has 0 radical (unpaired) electrons. The summed E-state index contributed by atoms with van der Waals surface area (Å²) >= 11 is 0. The number of aryl methyl sites for hydroxylation is 1. The van der Waals surface area contributed by atoms with Crippen molar-refractivity contribution in [2.45, 2.75) is 11.8 Å². The summed E-state index contributed by atoms with van der Waals surface area (Å²) in [7, 11) is -2.15. The summed E-state index contributed by atoms with van der Waals surface area (Å²) in [6, 6.07) is 21.7. The zero-order chi connectivity index (χ0) is 20.0. The Hall–Kier alpha value is -2.83. The summed E-state index contributed by atoms with van der Waals surface area (Å²) in [5.41, 5.74) is 2.80. The lowest BCUT2D eigenvalue weighted by atomic mass is 10.1. The van der Waals surface area contributed by atoms with Gasteiger partial charge in [-0.3, -0.25) is 4.72 Å². The van der Waals surface area contributed by atoms with Crippen molar-refractivity contribution in [1.29, 1.82) is 0 Å². The second kappa shape index (κ2) is 8.91. The van der Waals surface area contributed by atoms with Gasteiger partial charge in [0, 0.05) is 12.7 Å². The molecule has 6 heteroatoms. The molecule has 0 aliphatic heterocycles. The van der Waals surface area contributed by atoms with Crippen LogP contribution in [0.2, 0.25) is 0 Å². The maximum atomic E-state index is 13.1. The van der Waals surface area contributed by atoms with Crippen LogP contribution in [0.5, 0.6) is 5.75 Å². The predicted molar refractivity (Wildman–Crippen MR) is 111 cm³/mol. The molecular weight excluding hydrogens is 374 g/mol. The standard InChI is InChI=1S/C22H23NO4S/c1-17-16-19(27-15-14-26-2)12-13-21(17)23-28(24,25)22-11-7-6-10-20(22)18-8-4-3-5-9-18/h3-13,16,23H,14-15H2,1-2H3. The minimum atomic E-state index is -3.76. The van der Waals surface area contributed by atoms with Crippen LogP contribution in [0.4, 0.5) is 5.69 Å². The highest BCUT2D eigenvalue weighted by Gasteiger charge is 2.20. The molecular formula is C22H23NO4S. The highest BCUT2D eigenvalue weighted by Crippen LogP contribution is 2.30. The van der Waals surface area contributed by atoms with Gasteiger partial charge in [-0.15, -0.1) is 0 Å². The first-order valence-electron chi connectivity index (χ1n) is 8.91. The average Bonchev–Trinajstić information content (AvgIpc) is 2.71. The van der Waals surface area contributed by atoms with E-state index in [4.69, 9.17) is 9.47 Å². The molecule has 0 spiro atoms. The highest BCUT2D eigenvalue weighted by atomic mass is 32.2. The number of ether oxygens (including phenoxy) is 2. The van der Waals surface area contributed by atoms with Crippen LogP contribution < -0.4 is 9.46 Å². The zero-order valence-electron chi connectivity index (χ0n) is 15.9. The molecule has 0 amide bonds. The minimum Gasteiger partial charge on any atom is -0.491 e. The van der Waals surface area contributed by atoms with Crippen molar-refractivity contribution in [3.05, 3.63) is 78.4 Å². The molecule has 0 aromatic heterocycles. The molecule has 0 bridgehead atoms. The smallest absolute Gasteiger partial charge is 0.262 e. The van der Waals surface area contributed by atoms with Crippen LogP contribution in [0, 0.1) is 6.92 Å². The summed E-state index contributed by atoms with van der Waals surface area (Å²) in [6.07, 6.45) is 0. The summed E-state index contributed by atoms with van der Waals surface area (Å²) in [4.78, 5) is 0.237. The van der Waals surface area contributed by atoms with Gasteiger partial charge in [0.1, 0.15) is 12.4 Å². The molecule has 146 valence electrons. The Labute approximate surface area is 166 Å². The van der Waals surface area contributed by atoms with E-state index in [1.807, 2.05) is 49.4 Å². The lowest BCUT2D eigenvalue weighted by Crippen LogP contribution is -2.15. The van der Waals surface area contributed by atoms with E-state index in [9.17, 15) is 8.42 Å². The van der Waals surface area contributed by atoms with E-state index in [0.29, 0.717) is 30.2 Å². The lowest BCUT2D eigenvalue weighted by Gasteiger charge is -2.15. The normalized spacial score (nSPS) is 11.2. The number of hydrogen-bond acceptors (Lipinski definition) is 4. The third-order valence-electron chi connectivity index (χ3n) is 4.26. The number of methoxy groups -OCH3 is 1. The molecule has 0 heterocycles. The van der Waals surface area contributed by atoms with Gasteiger partial charge in [-0.2, -0.15) is 0 Å². The van der Waals surface area contributed by atoms with Gasteiger partial charge in [-0.1, -0.05) is 48.5 Å². The molecule has 0 unspecified atom stereocenters. The number of sulfonamides is 1. The van der Waals surface area contributed by atoms with E-state index in [-0.39, 0.29) is 4.90 Å². The van der Waals surface area contributed by atoms with Crippen LogP contribution >= 0.6 is 0 Å². The second-order valence-electron chi connectivity index (χ2n) is 6.29. The van der Waals surface area contributed by atoms with Crippen LogP contribution in [0.25, 0.3) is 11.1 Å². The Kier molecular flexibility index (Phi) is 6.34. The van der Waals surface area contributed by atoms with E-state index >= 15 is 0 Å². The van der Waals surface area contributed by atoms with Gasteiger partial charge in [-0.25, -0.2) is 8.42 Å². The van der Waals surface area contributed by atoms with Crippen molar-refractivity contribution in [3.8, 4) is 16.9 Å². The Morgan fingerprint density at radius 3 is 2.32 bits per heavy atom. The third-order valence-corrected chi connectivity index (χ3v) is 5.68. The molecule has 3 rings (SSSR count). The van der Waals surface area contributed by atoms with E-state index in [0.717, 1.165) is 11.1 Å². The van der Waals surface area contributed by atoms with Gasteiger partial charge in [0.05, 0.1) is 17.2 Å².